The van der Waals surface area contributed by atoms with Gasteiger partial charge in [-0.25, -0.2) is 4.68 Å². The average Bonchev–Trinajstić information content (AvgIpc) is 3.27. The number of pyridine rings is 1. The molecule has 1 aliphatic rings. The largest absolute Gasteiger partial charge is 0.481 e. The van der Waals surface area contributed by atoms with Crippen molar-refractivity contribution in [3.63, 3.8) is 0 Å². The summed E-state index contributed by atoms with van der Waals surface area (Å²) >= 11 is 0. The van der Waals surface area contributed by atoms with Crippen molar-refractivity contribution in [2.45, 2.75) is 32.2 Å². The van der Waals surface area contributed by atoms with E-state index in [0.29, 0.717) is 18.7 Å². The molecule has 0 aliphatic carbocycles. The molecule has 1 aliphatic heterocycles. The van der Waals surface area contributed by atoms with E-state index in [1.54, 1.807) is 28.9 Å². The van der Waals surface area contributed by atoms with Crippen LogP contribution in [0.4, 0.5) is 0 Å². The summed E-state index contributed by atoms with van der Waals surface area (Å²) in [6, 6.07) is 7.40. The van der Waals surface area contributed by atoms with Crippen LogP contribution < -0.4 is 0 Å². The summed E-state index contributed by atoms with van der Waals surface area (Å²) in [5.74, 6) is -1.16. The molecule has 8 nitrogen and oxygen atoms in total. The Labute approximate surface area is 155 Å². The van der Waals surface area contributed by atoms with Gasteiger partial charge in [0, 0.05) is 35.8 Å². The molecule has 0 spiro atoms. The molecule has 0 saturated carbocycles. The van der Waals surface area contributed by atoms with Crippen LogP contribution in [0.25, 0.3) is 16.5 Å². The molecule has 3 aromatic rings. The maximum absolute atomic E-state index is 13.0. The molecule has 0 bridgehead atoms. The van der Waals surface area contributed by atoms with Gasteiger partial charge in [-0.05, 0) is 31.9 Å². The molecular formula is C19H19N5O3. The van der Waals surface area contributed by atoms with Gasteiger partial charge in [0.1, 0.15) is 0 Å². The Bertz CT molecular complexity index is 1020. The SMILES string of the molecule is Cc1c(C(=O)N2CCCC2CC(=O)O)nnn1-c1cccc2cnccc12. The van der Waals surface area contributed by atoms with Gasteiger partial charge in [0.05, 0.1) is 17.8 Å². The van der Waals surface area contributed by atoms with Crippen LogP contribution in [0, 0.1) is 6.92 Å². The smallest absolute Gasteiger partial charge is 0.305 e. The number of nitrogens with zero attached hydrogens (tertiary/aromatic N) is 5. The van der Waals surface area contributed by atoms with Crippen molar-refractivity contribution < 1.29 is 14.7 Å². The standard InChI is InChI=1S/C19H19N5O3/c1-12-18(19(27)23-9-3-5-14(23)10-17(25)26)21-22-24(12)16-6-2-4-13-11-20-8-7-15(13)16/h2,4,6-8,11,14H,3,5,9-10H2,1H3,(H,25,26). The zero-order valence-electron chi connectivity index (χ0n) is 14.9. The van der Waals surface area contributed by atoms with Crippen LogP contribution in [-0.4, -0.2) is 54.4 Å². The Balaban J connectivity index is 1.70. The fourth-order valence-electron chi connectivity index (χ4n) is 3.70. The van der Waals surface area contributed by atoms with Crippen molar-refractivity contribution in [1.29, 1.82) is 0 Å². The predicted octanol–water partition coefficient (Wildman–Crippen LogP) is 2.20. The molecular weight excluding hydrogens is 346 g/mol. The normalized spacial score (nSPS) is 16.8. The number of carboxylic acid groups (broad SMARTS) is 1. The van der Waals surface area contributed by atoms with E-state index < -0.39 is 5.97 Å². The van der Waals surface area contributed by atoms with Gasteiger partial charge in [-0.2, -0.15) is 0 Å². The third-order valence-corrected chi connectivity index (χ3v) is 5.03. The maximum atomic E-state index is 13.0. The van der Waals surface area contributed by atoms with Gasteiger partial charge in [-0.1, -0.05) is 17.3 Å². The summed E-state index contributed by atoms with van der Waals surface area (Å²) < 4.78 is 1.65. The van der Waals surface area contributed by atoms with E-state index in [-0.39, 0.29) is 24.1 Å². The number of amides is 1. The molecule has 1 unspecified atom stereocenters. The summed E-state index contributed by atoms with van der Waals surface area (Å²) in [4.78, 5) is 29.8. The lowest BCUT2D eigenvalue weighted by atomic mass is 10.1. The van der Waals surface area contributed by atoms with Crippen molar-refractivity contribution in [2.75, 3.05) is 6.54 Å². The van der Waals surface area contributed by atoms with E-state index in [2.05, 4.69) is 15.3 Å². The molecule has 1 amide bonds. The summed E-state index contributed by atoms with van der Waals surface area (Å²) in [6.45, 7) is 2.35. The van der Waals surface area contributed by atoms with E-state index in [4.69, 9.17) is 5.11 Å². The van der Waals surface area contributed by atoms with Crippen LogP contribution in [0.1, 0.15) is 35.4 Å². The highest BCUT2D eigenvalue weighted by Crippen LogP contribution is 2.25. The van der Waals surface area contributed by atoms with E-state index >= 15 is 0 Å². The lowest BCUT2D eigenvalue weighted by Gasteiger charge is -2.22. The Kier molecular flexibility index (Phi) is 4.31. The predicted molar refractivity (Wildman–Crippen MR) is 97.7 cm³/mol. The summed E-state index contributed by atoms with van der Waals surface area (Å²) in [6.07, 6.45) is 4.94. The summed E-state index contributed by atoms with van der Waals surface area (Å²) in [5, 5.41) is 19.3. The van der Waals surface area contributed by atoms with E-state index in [9.17, 15) is 9.59 Å². The number of rotatable bonds is 4. The van der Waals surface area contributed by atoms with Crippen molar-refractivity contribution in [1.82, 2.24) is 24.9 Å². The number of carbonyl (C=O) groups excluding carboxylic acids is 1. The molecule has 3 heterocycles. The first-order valence-electron chi connectivity index (χ1n) is 8.84. The summed E-state index contributed by atoms with van der Waals surface area (Å²) in [7, 11) is 0. The zero-order valence-corrected chi connectivity index (χ0v) is 14.9. The molecule has 1 saturated heterocycles. The molecule has 138 valence electrons. The second-order valence-corrected chi connectivity index (χ2v) is 6.70. The van der Waals surface area contributed by atoms with E-state index in [1.165, 1.54) is 0 Å². The van der Waals surface area contributed by atoms with Crippen molar-refractivity contribution in [3.8, 4) is 5.69 Å². The maximum Gasteiger partial charge on any atom is 0.305 e. The molecule has 1 N–H and O–H groups in total. The van der Waals surface area contributed by atoms with Crippen LogP contribution in [0.2, 0.25) is 0 Å². The van der Waals surface area contributed by atoms with Crippen molar-refractivity contribution in [3.05, 3.63) is 48.0 Å². The van der Waals surface area contributed by atoms with Crippen LogP contribution in [-0.2, 0) is 4.79 Å². The van der Waals surface area contributed by atoms with Gasteiger partial charge in [0.15, 0.2) is 5.69 Å². The van der Waals surface area contributed by atoms with Gasteiger partial charge >= 0.3 is 5.97 Å². The zero-order chi connectivity index (χ0) is 19.0. The van der Waals surface area contributed by atoms with Crippen LogP contribution in [0.3, 0.4) is 0 Å². The first-order chi connectivity index (χ1) is 13.1. The van der Waals surface area contributed by atoms with Gasteiger partial charge in [-0.15, -0.1) is 5.10 Å². The van der Waals surface area contributed by atoms with Crippen molar-refractivity contribution in [2.24, 2.45) is 0 Å². The number of hydrogen-bond acceptors (Lipinski definition) is 5. The molecule has 4 rings (SSSR count). The highest BCUT2D eigenvalue weighted by atomic mass is 16.4. The minimum absolute atomic E-state index is 0.0464. The number of aliphatic carboxylic acids is 1. The van der Waals surface area contributed by atoms with Gasteiger partial charge < -0.3 is 10.0 Å². The first-order valence-corrected chi connectivity index (χ1v) is 8.84. The number of hydrogen-bond donors (Lipinski definition) is 1. The van der Waals surface area contributed by atoms with Crippen molar-refractivity contribution >= 4 is 22.6 Å². The lowest BCUT2D eigenvalue weighted by Crippen LogP contribution is -2.37. The third kappa shape index (κ3) is 3.03. The number of benzene rings is 1. The monoisotopic (exact) mass is 365 g/mol. The third-order valence-electron chi connectivity index (χ3n) is 5.03. The molecule has 27 heavy (non-hydrogen) atoms. The minimum Gasteiger partial charge on any atom is -0.481 e. The van der Waals surface area contributed by atoms with Crippen LogP contribution in [0.5, 0.6) is 0 Å². The van der Waals surface area contributed by atoms with Gasteiger partial charge in [0.25, 0.3) is 5.91 Å². The lowest BCUT2D eigenvalue weighted by molar-refractivity contribution is -0.137. The number of likely N-dealkylation sites (tertiary alicyclic amines) is 1. The Morgan fingerprint density at radius 2 is 2.15 bits per heavy atom. The summed E-state index contributed by atoms with van der Waals surface area (Å²) in [5.41, 5.74) is 1.71. The fraction of sp³-hybridized carbons (Fsp3) is 0.316. The fourth-order valence-corrected chi connectivity index (χ4v) is 3.70. The second kappa shape index (κ2) is 6.79. The molecule has 1 atom stereocenters. The minimum atomic E-state index is -0.899. The molecule has 1 fully saturated rings. The topological polar surface area (TPSA) is 101 Å². The Morgan fingerprint density at radius 3 is 2.96 bits per heavy atom. The quantitative estimate of drug-likeness (QED) is 0.761. The van der Waals surface area contributed by atoms with Gasteiger partial charge in [0.2, 0.25) is 0 Å². The number of fused-ring (bicyclic) bond motifs is 1. The molecule has 0 radical (unpaired) electrons. The van der Waals surface area contributed by atoms with E-state index in [0.717, 1.165) is 22.9 Å². The van der Waals surface area contributed by atoms with E-state index in [1.807, 2.05) is 24.3 Å². The Morgan fingerprint density at radius 1 is 1.30 bits per heavy atom. The van der Waals surface area contributed by atoms with Crippen LogP contribution >= 0.6 is 0 Å². The second-order valence-electron chi connectivity index (χ2n) is 6.70. The molecule has 2 aromatic heterocycles. The number of carboxylic acids is 1. The number of carbonyl (C=O) groups is 2. The highest BCUT2D eigenvalue weighted by molar-refractivity contribution is 5.95. The molecule has 1 aromatic carbocycles. The Hall–Kier alpha value is -3.29. The number of aromatic nitrogens is 4. The average molecular weight is 365 g/mol. The molecule has 8 heteroatoms. The first kappa shape index (κ1) is 17.1. The highest BCUT2D eigenvalue weighted by Gasteiger charge is 2.33. The van der Waals surface area contributed by atoms with Gasteiger partial charge in [-0.3, -0.25) is 14.6 Å². The van der Waals surface area contributed by atoms with Crippen LogP contribution in [0.15, 0.2) is 36.7 Å².